The standard InChI is InChI=1S/C24H33N3O3/c1-16(18-12-11-17-7-5-6-8-19(17)15-18)25-22(28)14-13-21-23(29)27(24(30)26-21)20-9-3-2-4-10-20/h11-12,15-16,20-21H,2-10,13-14H2,1H3,(H,25,28)(H,26,30). The summed E-state index contributed by atoms with van der Waals surface area (Å²) in [6, 6.07) is 5.61. The molecule has 2 aliphatic carbocycles. The summed E-state index contributed by atoms with van der Waals surface area (Å²) in [5, 5.41) is 5.83. The quantitative estimate of drug-likeness (QED) is 0.700. The van der Waals surface area contributed by atoms with Crippen molar-refractivity contribution in [2.75, 3.05) is 0 Å². The largest absolute Gasteiger partial charge is 0.350 e. The molecule has 4 amide bonds. The molecule has 2 N–H and O–H groups in total. The van der Waals surface area contributed by atoms with E-state index >= 15 is 0 Å². The zero-order valence-corrected chi connectivity index (χ0v) is 17.9. The predicted octanol–water partition coefficient (Wildman–Crippen LogP) is 3.78. The van der Waals surface area contributed by atoms with Gasteiger partial charge in [-0.1, -0.05) is 37.5 Å². The third kappa shape index (κ3) is 4.52. The minimum atomic E-state index is -0.579. The number of rotatable bonds is 6. The second-order valence-corrected chi connectivity index (χ2v) is 9.07. The smallest absolute Gasteiger partial charge is 0.325 e. The highest BCUT2D eigenvalue weighted by atomic mass is 16.2. The molecule has 0 aromatic heterocycles. The molecule has 1 aromatic carbocycles. The molecule has 30 heavy (non-hydrogen) atoms. The molecule has 162 valence electrons. The Morgan fingerprint density at radius 2 is 1.83 bits per heavy atom. The Bertz CT molecular complexity index is 816. The van der Waals surface area contributed by atoms with Crippen molar-refractivity contribution < 1.29 is 14.4 Å². The van der Waals surface area contributed by atoms with E-state index in [1.165, 1.54) is 35.3 Å². The molecular formula is C24H33N3O3. The number of carbonyl (C=O) groups excluding carboxylic acids is 3. The van der Waals surface area contributed by atoms with Gasteiger partial charge >= 0.3 is 6.03 Å². The summed E-state index contributed by atoms with van der Waals surface area (Å²) in [6.45, 7) is 2.00. The molecule has 1 saturated heterocycles. The van der Waals surface area contributed by atoms with Crippen molar-refractivity contribution in [3.05, 3.63) is 34.9 Å². The van der Waals surface area contributed by atoms with E-state index in [4.69, 9.17) is 0 Å². The summed E-state index contributed by atoms with van der Waals surface area (Å²) < 4.78 is 0. The van der Waals surface area contributed by atoms with E-state index in [0.29, 0.717) is 6.42 Å². The molecule has 3 aliphatic rings. The topological polar surface area (TPSA) is 78.5 Å². The number of nitrogens with zero attached hydrogens (tertiary/aromatic N) is 1. The van der Waals surface area contributed by atoms with Crippen LogP contribution in [0.1, 0.15) is 87.4 Å². The first-order chi connectivity index (χ1) is 14.5. The van der Waals surface area contributed by atoms with Gasteiger partial charge in [0.15, 0.2) is 0 Å². The maximum Gasteiger partial charge on any atom is 0.325 e. The van der Waals surface area contributed by atoms with E-state index in [9.17, 15) is 14.4 Å². The molecule has 1 aliphatic heterocycles. The molecular weight excluding hydrogens is 378 g/mol. The molecule has 2 fully saturated rings. The number of carbonyl (C=O) groups is 3. The third-order valence-corrected chi connectivity index (χ3v) is 6.90. The fourth-order valence-corrected chi connectivity index (χ4v) is 5.12. The van der Waals surface area contributed by atoms with Crippen molar-refractivity contribution in [2.45, 2.75) is 95.7 Å². The van der Waals surface area contributed by atoms with Crippen LogP contribution in [0.5, 0.6) is 0 Å². The summed E-state index contributed by atoms with van der Waals surface area (Å²) in [4.78, 5) is 38.9. The lowest BCUT2D eigenvalue weighted by Gasteiger charge is -2.28. The summed E-state index contributed by atoms with van der Waals surface area (Å²) >= 11 is 0. The van der Waals surface area contributed by atoms with Crippen LogP contribution in [0.25, 0.3) is 0 Å². The Morgan fingerprint density at radius 1 is 1.10 bits per heavy atom. The summed E-state index contributed by atoms with van der Waals surface area (Å²) in [5.74, 6) is -0.249. The predicted molar refractivity (Wildman–Crippen MR) is 115 cm³/mol. The number of urea groups is 1. The fraction of sp³-hybridized carbons (Fsp3) is 0.625. The fourth-order valence-electron chi connectivity index (χ4n) is 5.12. The second kappa shape index (κ2) is 9.19. The first-order valence-corrected chi connectivity index (χ1v) is 11.6. The number of amides is 4. The molecule has 1 saturated carbocycles. The van der Waals surface area contributed by atoms with Crippen LogP contribution >= 0.6 is 0 Å². The zero-order valence-electron chi connectivity index (χ0n) is 17.9. The number of aryl methyl sites for hydroxylation is 2. The molecule has 2 unspecified atom stereocenters. The Hall–Kier alpha value is -2.37. The van der Waals surface area contributed by atoms with Crippen LogP contribution in [0, 0.1) is 0 Å². The molecule has 1 heterocycles. The summed E-state index contributed by atoms with van der Waals surface area (Å²) in [6.07, 6.45) is 10.4. The van der Waals surface area contributed by atoms with E-state index in [0.717, 1.165) is 44.1 Å². The van der Waals surface area contributed by atoms with Crippen LogP contribution in [-0.4, -0.2) is 34.8 Å². The van der Waals surface area contributed by atoms with Gasteiger partial charge in [0.1, 0.15) is 6.04 Å². The number of nitrogens with one attached hydrogen (secondary N) is 2. The lowest BCUT2D eigenvalue weighted by molar-refractivity contribution is -0.129. The van der Waals surface area contributed by atoms with Crippen molar-refractivity contribution in [3.8, 4) is 0 Å². The molecule has 0 bridgehead atoms. The van der Waals surface area contributed by atoms with Gasteiger partial charge < -0.3 is 10.6 Å². The van der Waals surface area contributed by atoms with Crippen molar-refractivity contribution in [3.63, 3.8) is 0 Å². The average molecular weight is 412 g/mol. The minimum absolute atomic E-state index is 0.0223. The lowest BCUT2D eigenvalue weighted by Crippen LogP contribution is -2.42. The van der Waals surface area contributed by atoms with E-state index in [1.54, 1.807) is 0 Å². The van der Waals surface area contributed by atoms with Gasteiger partial charge in [-0.25, -0.2) is 4.79 Å². The maximum atomic E-state index is 12.7. The first-order valence-electron chi connectivity index (χ1n) is 11.6. The van der Waals surface area contributed by atoms with Gasteiger partial charge in [-0.05, 0) is 68.6 Å². The van der Waals surface area contributed by atoms with Crippen molar-refractivity contribution in [1.82, 2.24) is 15.5 Å². The van der Waals surface area contributed by atoms with Crippen LogP contribution in [0.3, 0.4) is 0 Å². The second-order valence-electron chi connectivity index (χ2n) is 9.07. The van der Waals surface area contributed by atoms with Gasteiger partial charge in [0.05, 0.1) is 6.04 Å². The Labute approximate surface area is 178 Å². The van der Waals surface area contributed by atoms with Gasteiger partial charge in [-0.2, -0.15) is 0 Å². The van der Waals surface area contributed by atoms with Gasteiger partial charge in [0, 0.05) is 12.5 Å². The molecule has 1 aromatic rings. The SMILES string of the molecule is CC(NC(=O)CCC1NC(=O)N(C2CCCCC2)C1=O)c1ccc2c(c1)CCCC2. The normalized spacial score (nSPS) is 23.1. The van der Waals surface area contributed by atoms with Gasteiger partial charge in [0.25, 0.3) is 5.91 Å². The number of hydrogen-bond acceptors (Lipinski definition) is 3. The van der Waals surface area contributed by atoms with Crippen LogP contribution in [0.15, 0.2) is 18.2 Å². The minimum Gasteiger partial charge on any atom is -0.350 e. The molecule has 0 spiro atoms. The highest BCUT2D eigenvalue weighted by Crippen LogP contribution is 2.27. The number of benzene rings is 1. The highest BCUT2D eigenvalue weighted by molar-refractivity contribution is 6.04. The van der Waals surface area contributed by atoms with Crippen molar-refractivity contribution >= 4 is 17.8 Å². The molecule has 6 heteroatoms. The van der Waals surface area contributed by atoms with E-state index in [1.807, 2.05) is 6.92 Å². The molecule has 2 atom stereocenters. The van der Waals surface area contributed by atoms with Crippen LogP contribution in [-0.2, 0) is 22.4 Å². The summed E-state index contributed by atoms with van der Waals surface area (Å²) in [7, 11) is 0. The van der Waals surface area contributed by atoms with E-state index < -0.39 is 6.04 Å². The molecule has 4 rings (SSSR count). The summed E-state index contributed by atoms with van der Waals surface area (Å²) in [5.41, 5.74) is 3.96. The highest BCUT2D eigenvalue weighted by Gasteiger charge is 2.42. The molecule has 6 nitrogen and oxygen atoms in total. The molecule has 0 radical (unpaired) electrons. The Morgan fingerprint density at radius 3 is 2.60 bits per heavy atom. The van der Waals surface area contributed by atoms with Crippen LogP contribution < -0.4 is 10.6 Å². The van der Waals surface area contributed by atoms with Gasteiger partial charge in [0.2, 0.25) is 5.91 Å². The van der Waals surface area contributed by atoms with Crippen LogP contribution in [0.2, 0.25) is 0 Å². The number of fused-ring (bicyclic) bond motifs is 1. The van der Waals surface area contributed by atoms with E-state index in [-0.39, 0.29) is 36.3 Å². The maximum absolute atomic E-state index is 12.7. The monoisotopic (exact) mass is 411 g/mol. The zero-order chi connectivity index (χ0) is 21.1. The van der Waals surface area contributed by atoms with Crippen LogP contribution in [0.4, 0.5) is 4.79 Å². The number of hydrogen-bond donors (Lipinski definition) is 2. The van der Waals surface area contributed by atoms with Crippen molar-refractivity contribution in [1.29, 1.82) is 0 Å². The Balaban J connectivity index is 1.28. The third-order valence-electron chi connectivity index (χ3n) is 6.90. The van der Waals surface area contributed by atoms with Gasteiger partial charge in [-0.3, -0.25) is 14.5 Å². The Kier molecular flexibility index (Phi) is 6.40. The van der Waals surface area contributed by atoms with E-state index in [2.05, 4.69) is 28.8 Å². The lowest BCUT2D eigenvalue weighted by atomic mass is 9.89. The number of imide groups is 1. The first kappa shape index (κ1) is 20.9. The van der Waals surface area contributed by atoms with Crippen molar-refractivity contribution in [2.24, 2.45) is 0 Å². The van der Waals surface area contributed by atoms with Gasteiger partial charge in [-0.15, -0.1) is 0 Å². The average Bonchev–Trinajstić information content (AvgIpc) is 3.05.